The Morgan fingerprint density at radius 3 is 2.71 bits per heavy atom. The molecule has 0 aromatic rings. The van der Waals surface area contributed by atoms with E-state index >= 15 is 0 Å². The zero-order chi connectivity index (χ0) is 5.11. The Balaban J connectivity index is 3.04. The van der Waals surface area contributed by atoms with Gasteiger partial charge in [0.25, 0.3) is 0 Å². The van der Waals surface area contributed by atoms with Crippen molar-refractivity contribution in [1.29, 1.82) is 0 Å². The van der Waals surface area contributed by atoms with Gasteiger partial charge >= 0.3 is 0 Å². The van der Waals surface area contributed by atoms with Crippen LogP contribution in [0.25, 0.3) is 0 Å². The van der Waals surface area contributed by atoms with Crippen molar-refractivity contribution in [2.75, 3.05) is 0 Å². The quantitative estimate of drug-likeness (QED) is 0.510. The SMILES string of the molecule is S=P1=PP=PC=C1. The van der Waals surface area contributed by atoms with Gasteiger partial charge in [-0.1, -0.05) is 11.8 Å². The summed E-state index contributed by atoms with van der Waals surface area (Å²) in [7, 11) is 4.35. The summed E-state index contributed by atoms with van der Waals surface area (Å²) in [6.07, 6.45) is 0. The number of rotatable bonds is 0. The standard InChI is InChI=1S/C2H2P4S/c7-6-2-1-3-4-5-6/h1-2H. The van der Waals surface area contributed by atoms with Gasteiger partial charge in [0.15, 0.2) is 0 Å². The second kappa shape index (κ2) is 3.24. The smallest absolute Gasteiger partial charge is 0.00100 e. The average Bonchev–Trinajstić information content (AvgIpc) is 1.69. The molecule has 0 saturated carbocycles. The summed E-state index contributed by atoms with van der Waals surface area (Å²) in [6.45, 7) is 0. The van der Waals surface area contributed by atoms with E-state index in [1.807, 2.05) is 0 Å². The van der Waals surface area contributed by atoms with E-state index in [9.17, 15) is 0 Å². The molecular formula is C2H2P4S. The van der Waals surface area contributed by atoms with E-state index in [0.29, 0.717) is 0 Å². The predicted molar refractivity (Wildman–Crippen MR) is 44.2 cm³/mol. The Kier molecular flexibility index (Phi) is 2.91. The molecule has 0 fully saturated rings. The Labute approximate surface area is 52.8 Å². The molecule has 0 saturated heterocycles. The molecule has 0 spiro atoms. The topological polar surface area (TPSA) is 0 Å². The van der Waals surface area contributed by atoms with Gasteiger partial charge in [0.1, 0.15) is 0 Å². The van der Waals surface area contributed by atoms with E-state index < -0.39 is 0 Å². The summed E-state index contributed by atoms with van der Waals surface area (Å²) >= 11 is 5.04. The Morgan fingerprint density at radius 1 is 1.57 bits per heavy atom. The highest BCUT2D eigenvalue weighted by atomic mass is 32.6. The first-order valence-electron chi connectivity index (χ1n) is 1.63. The van der Waals surface area contributed by atoms with Crippen molar-refractivity contribution in [3.63, 3.8) is 0 Å². The van der Waals surface area contributed by atoms with Crippen LogP contribution < -0.4 is 0 Å². The minimum absolute atomic E-state index is 0.136. The molecule has 1 rings (SSSR count). The Hall–Kier alpha value is 1.16. The lowest BCUT2D eigenvalue weighted by Gasteiger charge is -1.78. The highest BCUT2D eigenvalue weighted by Gasteiger charge is 1.75. The van der Waals surface area contributed by atoms with Crippen molar-refractivity contribution in [1.82, 2.24) is 0 Å². The Morgan fingerprint density at radius 2 is 2.43 bits per heavy atom. The van der Waals surface area contributed by atoms with Crippen LogP contribution in [0.2, 0.25) is 0 Å². The lowest BCUT2D eigenvalue weighted by atomic mass is 11.3. The van der Waals surface area contributed by atoms with Crippen molar-refractivity contribution in [2.45, 2.75) is 0 Å². The fourth-order valence-electron chi connectivity index (χ4n) is 0.209. The van der Waals surface area contributed by atoms with Gasteiger partial charge in [-0.2, -0.15) is 0 Å². The maximum atomic E-state index is 5.04. The highest BCUT2D eigenvalue weighted by Crippen LogP contribution is 2.45. The summed E-state index contributed by atoms with van der Waals surface area (Å²) in [5.41, 5.74) is 0. The van der Waals surface area contributed by atoms with Crippen molar-refractivity contribution >= 4 is 40.8 Å². The fraction of sp³-hybridized carbons (Fsp3) is 0. The van der Waals surface area contributed by atoms with Crippen LogP contribution in [0, 0.1) is 0 Å². The van der Waals surface area contributed by atoms with Crippen LogP contribution in [0.3, 0.4) is 0 Å². The molecule has 0 nitrogen and oxygen atoms in total. The lowest BCUT2D eigenvalue weighted by Crippen LogP contribution is -1.25. The molecule has 5 heteroatoms. The largest absolute Gasteiger partial charge is 0.0529 e. The van der Waals surface area contributed by atoms with Crippen LogP contribution in [-0.2, 0) is 11.8 Å². The van der Waals surface area contributed by atoms with E-state index in [1.165, 1.54) is 23.0 Å². The summed E-state index contributed by atoms with van der Waals surface area (Å²) in [5.74, 6) is 4.18. The third-order valence-electron chi connectivity index (χ3n) is 0.441. The summed E-state index contributed by atoms with van der Waals surface area (Å²) < 4.78 is 0. The van der Waals surface area contributed by atoms with Crippen LogP contribution in [-0.4, -0.2) is 0 Å². The summed E-state index contributed by atoms with van der Waals surface area (Å²) in [5, 5.41) is 0. The zero-order valence-corrected chi connectivity index (χ0v) is 7.75. The molecule has 0 aromatic carbocycles. The predicted octanol–water partition coefficient (Wildman–Crippen LogP) is 4.00. The van der Waals surface area contributed by atoms with E-state index in [-0.39, 0.29) is 5.98 Å². The van der Waals surface area contributed by atoms with Gasteiger partial charge < -0.3 is 0 Å². The molecule has 1 unspecified atom stereocenters. The maximum Gasteiger partial charge on any atom is 0.00100 e. The first-order valence-corrected chi connectivity index (χ1v) is 8.93. The van der Waals surface area contributed by atoms with E-state index in [2.05, 4.69) is 11.6 Å². The lowest BCUT2D eigenvalue weighted by molar-refractivity contribution is 2.57. The summed E-state index contributed by atoms with van der Waals surface area (Å²) in [4.78, 5) is 0. The third-order valence-corrected chi connectivity index (χ3v) is 11.3. The second-order valence-electron chi connectivity index (χ2n) is 0.895. The molecule has 7 heavy (non-hydrogen) atoms. The Bertz CT molecular complexity index is 184. The van der Waals surface area contributed by atoms with E-state index in [1.54, 1.807) is 0 Å². The fourth-order valence-corrected chi connectivity index (χ4v) is 11.7. The minimum Gasteiger partial charge on any atom is -0.0529 e. The van der Waals surface area contributed by atoms with Crippen LogP contribution >= 0.6 is 29.0 Å². The highest BCUT2D eigenvalue weighted by molar-refractivity contribution is 8.43. The van der Waals surface area contributed by atoms with Gasteiger partial charge in [0.2, 0.25) is 0 Å². The van der Waals surface area contributed by atoms with Gasteiger partial charge in [-0.05, 0) is 27.1 Å². The van der Waals surface area contributed by atoms with E-state index in [4.69, 9.17) is 11.8 Å². The van der Waals surface area contributed by atoms with Gasteiger partial charge in [-0.15, -0.1) is 0 Å². The number of hydrogen-bond donors (Lipinski definition) is 0. The molecule has 1 atom stereocenters. The molecule has 0 aromatic heterocycles. The third kappa shape index (κ3) is 2.27. The van der Waals surface area contributed by atoms with Crippen LogP contribution in [0.5, 0.6) is 0 Å². The average molecular weight is 182 g/mol. The normalized spacial score (nSPS) is 28.9. The van der Waals surface area contributed by atoms with Crippen LogP contribution in [0.15, 0.2) is 11.6 Å². The second-order valence-corrected chi connectivity index (χ2v) is 11.0. The van der Waals surface area contributed by atoms with Crippen LogP contribution in [0.4, 0.5) is 0 Å². The van der Waals surface area contributed by atoms with E-state index in [0.717, 1.165) is 0 Å². The van der Waals surface area contributed by atoms with Crippen LogP contribution in [0.1, 0.15) is 0 Å². The molecule has 0 bridgehead atoms. The molecule has 1 aliphatic rings. The monoisotopic (exact) mass is 182 g/mol. The first-order chi connectivity index (χ1) is 3.39. The molecule has 1 heterocycles. The van der Waals surface area contributed by atoms with Gasteiger partial charge in [-0.25, -0.2) is 0 Å². The molecule has 0 amide bonds. The van der Waals surface area contributed by atoms with Gasteiger partial charge in [0, 0.05) is 13.5 Å². The van der Waals surface area contributed by atoms with Gasteiger partial charge in [-0.3, -0.25) is 0 Å². The number of hydrogen-bond acceptors (Lipinski definition) is 1. The molecule has 0 aliphatic carbocycles. The first kappa shape index (κ1) is 6.28. The zero-order valence-electron chi connectivity index (χ0n) is 3.35. The van der Waals surface area contributed by atoms with Crippen molar-refractivity contribution < 1.29 is 0 Å². The molecule has 36 valence electrons. The van der Waals surface area contributed by atoms with Crippen molar-refractivity contribution in [3.05, 3.63) is 11.6 Å². The molecule has 0 radical (unpaired) electrons. The molecule has 0 N–H and O–H groups in total. The molecule has 1 aliphatic heterocycles. The van der Waals surface area contributed by atoms with Crippen molar-refractivity contribution in [3.8, 4) is 0 Å². The maximum absolute atomic E-state index is 5.04. The summed E-state index contributed by atoms with van der Waals surface area (Å²) in [6, 6.07) is 0. The van der Waals surface area contributed by atoms with Crippen molar-refractivity contribution in [2.24, 2.45) is 0 Å². The minimum atomic E-state index is -0.136. The van der Waals surface area contributed by atoms with Gasteiger partial charge in [0.05, 0.1) is 0 Å². The molecular weight excluding hydrogens is 180 g/mol.